The van der Waals surface area contributed by atoms with E-state index in [-0.39, 0.29) is 48.2 Å². The second-order valence-corrected chi connectivity index (χ2v) is 13.7. The first-order valence-corrected chi connectivity index (χ1v) is 16.0. The Morgan fingerprint density at radius 3 is 2.64 bits per heavy atom. The van der Waals surface area contributed by atoms with Gasteiger partial charge in [-0.2, -0.15) is 5.26 Å². The van der Waals surface area contributed by atoms with Gasteiger partial charge < -0.3 is 34.5 Å². The molecule has 2 aromatic carbocycles. The Bertz CT molecular complexity index is 1690. The fraction of sp³-hybridized carbons (Fsp3) is 0.531. The van der Waals surface area contributed by atoms with Crippen molar-refractivity contribution in [2.75, 3.05) is 33.3 Å². The third-order valence-electron chi connectivity index (χ3n) is 10.0. The van der Waals surface area contributed by atoms with Gasteiger partial charge in [0.2, 0.25) is 6.79 Å². The number of aryl methyl sites for hydroxylation is 1. The molecule has 2 fully saturated rings. The number of carbonyl (C=O) groups excluding carboxylic acids is 2. The van der Waals surface area contributed by atoms with Crippen molar-refractivity contribution < 1.29 is 38.4 Å². The topological polar surface area (TPSA) is 157 Å². The van der Waals surface area contributed by atoms with Crippen LogP contribution in [0.4, 0.5) is 0 Å². The number of rotatable bonds is 3. The molecule has 0 amide bonds. The molecule has 2 aromatic rings. The fourth-order valence-corrected chi connectivity index (χ4v) is 9.65. The second-order valence-electron chi connectivity index (χ2n) is 12.5. The SMILES string of the molecule is COc1c(C)cc2c(c1O)CN(C)[C@H]1C2[C@@]1(C#N)N1C(C)[C@@H]2SCC(N)C(=O)OC[C@H]1c1c3c(c(C)c(OC(C)=O)c12)OCO3. The molecule has 1 saturated heterocycles. The molecule has 4 aliphatic heterocycles. The first kappa shape index (κ1) is 30.0. The van der Waals surface area contributed by atoms with Crippen LogP contribution >= 0.6 is 11.8 Å². The Kier molecular flexibility index (Phi) is 6.94. The molecule has 1 aliphatic carbocycles. The normalized spacial score (nSPS) is 31.6. The van der Waals surface area contributed by atoms with Crippen molar-refractivity contribution in [3.63, 3.8) is 0 Å². The highest BCUT2D eigenvalue weighted by molar-refractivity contribution is 7.99. The van der Waals surface area contributed by atoms with E-state index in [2.05, 4.69) is 22.8 Å². The van der Waals surface area contributed by atoms with E-state index < -0.39 is 29.6 Å². The number of phenolic OH excluding ortho intramolecular Hbond substituents is 1. The van der Waals surface area contributed by atoms with E-state index in [9.17, 15) is 20.0 Å². The van der Waals surface area contributed by atoms with Gasteiger partial charge >= 0.3 is 11.9 Å². The minimum absolute atomic E-state index is 0.0258. The van der Waals surface area contributed by atoms with Crippen molar-refractivity contribution in [2.45, 2.75) is 75.1 Å². The van der Waals surface area contributed by atoms with Crippen LogP contribution in [0, 0.1) is 25.2 Å². The van der Waals surface area contributed by atoms with Crippen LogP contribution in [0.3, 0.4) is 0 Å². The number of methoxy groups -OCH3 is 1. The van der Waals surface area contributed by atoms with Crippen molar-refractivity contribution in [1.29, 1.82) is 5.26 Å². The number of likely N-dealkylation sites (N-methyl/N-ethyl adjacent to an activating group) is 1. The zero-order chi connectivity index (χ0) is 32.1. The number of nitrogens with two attached hydrogens (primary N) is 1. The lowest BCUT2D eigenvalue weighted by Gasteiger charge is -2.49. The molecule has 12 nitrogen and oxygen atoms in total. The smallest absolute Gasteiger partial charge is 0.323 e. The molecule has 1 saturated carbocycles. The maximum Gasteiger partial charge on any atom is 0.323 e. The molecular weight excluding hydrogens is 600 g/mol. The first-order valence-electron chi connectivity index (χ1n) is 14.9. The Hall–Kier alpha value is -3.70. The molecular formula is C32H36N4O8S. The van der Waals surface area contributed by atoms with Gasteiger partial charge in [-0.15, -0.1) is 11.8 Å². The van der Waals surface area contributed by atoms with Crippen molar-refractivity contribution in [2.24, 2.45) is 5.73 Å². The summed E-state index contributed by atoms with van der Waals surface area (Å²) in [5.74, 6) is 0.818. The lowest BCUT2D eigenvalue weighted by Crippen LogP contribution is -2.55. The number of carbonyl (C=O) groups is 2. The lowest BCUT2D eigenvalue weighted by atomic mass is 9.83. The molecule has 5 aliphatic rings. The average molecular weight is 637 g/mol. The lowest BCUT2D eigenvalue weighted by molar-refractivity contribution is -0.147. The van der Waals surface area contributed by atoms with Crippen molar-refractivity contribution in [1.82, 2.24) is 9.80 Å². The number of nitrogens with zero attached hydrogens (tertiary/aromatic N) is 3. The van der Waals surface area contributed by atoms with Gasteiger partial charge in [0.15, 0.2) is 23.0 Å². The fourth-order valence-electron chi connectivity index (χ4n) is 8.29. The van der Waals surface area contributed by atoms with E-state index in [0.717, 1.165) is 22.3 Å². The minimum Gasteiger partial charge on any atom is -0.504 e. The van der Waals surface area contributed by atoms with Gasteiger partial charge in [-0.05, 0) is 38.9 Å². The standard InChI is InChI=1S/C32H36N4O8S/c1-13-7-17-18(24(38)25(13)40-6)8-35(5)30-23(17)32(30,11-33)36-15(3)29-22-21(20(36)9-41-31(39)19(34)10-45-29)28-27(42-12-43-28)14(2)26(22)44-16(4)37/h7,15,19-20,23,29-30,38H,8-10,12,34H2,1-6H3/t15?,19?,20-,23?,29-,30-,32+/m0/s1. The Morgan fingerprint density at radius 2 is 1.96 bits per heavy atom. The van der Waals surface area contributed by atoms with Gasteiger partial charge in [0.1, 0.15) is 23.9 Å². The van der Waals surface area contributed by atoms with Gasteiger partial charge in [-0.1, -0.05) is 6.07 Å². The quantitative estimate of drug-likeness (QED) is 0.375. The number of hydrogen-bond donors (Lipinski definition) is 2. The van der Waals surface area contributed by atoms with Gasteiger partial charge in [0, 0.05) is 58.7 Å². The Morgan fingerprint density at radius 1 is 1.22 bits per heavy atom. The molecule has 3 N–H and O–H groups in total. The maximum atomic E-state index is 13.0. The summed E-state index contributed by atoms with van der Waals surface area (Å²) in [6.45, 7) is 7.42. The summed E-state index contributed by atoms with van der Waals surface area (Å²) in [6.07, 6.45) is 0. The number of phenols is 1. The third kappa shape index (κ3) is 4.02. The monoisotopic (exact) mass is 636 g/mol. The van der Waals surface area contributed by atoms with Crippen LogP contribution in [0.15, 0.2) is 6.07 Å². The number of thioether (sulfide) groups is 1. The summed E-state index contributed by atoms with van der Waals surface area (Å²) >= 11 is 1.47. The Balaban J connectivity index is 1.48. The number of benzene rings is 2. The van der Waals surface area contributed by atoms with E-state index in [1.165, 1.54) is 25.8 Å². The van der Waals surface area contributed by atoms with Gasteiger partial charge in [-0.25, -0.2) is 0 Å². The summed E-state index contributed by atoms with van der Waals surface area (Å²) in [5, 5.41) is 22.1. The van der Waals surface area contributed by atoms with Crippen LogP contribution in [0.25, 0.3) is 0 Å². The number of aromatic hydroxyl groups is 1. The second kappa shape index (κ2) is 10.4. The average Bonchev–Trinajstić information content (AvgIpc) is 3.43. The molecule has 0 aromatic heterocycles. The summed E-state index contributed by atoms with van der Waals surface area (Å²) in [4.78, 5) is 29.7. The van der Waals surface area contributed by atoms with Crippen LogP contribution < -0.4 is 24.7 Å². The van der Waals surface area contributed by atoms with Crippen molar-refractivity contribution in [3.8, 4) is 34.8 Å². The molecule has 0 radical (unpaired) electrons. The number of ether oxygens (including phenoxy) is 5. The van der Waals surface area contributed by atoms with Gasteiger partial charge in [0.05, 0.1) is 25.3 Å². The Labute approximate surface area is 265 Å². The molecule has 238 valence electrons. The molecule has 0 spiro atoms. The largest absolute Gasteiger partial charge is 0.504 e. The summed E-state index contributed by atoms with van der Waals surface area (Å²) in [5.41, 5.74) is 9.67. The van der Waals surface area contributed by atoms with Crippen LogP contribution in [-0.4, -0.2) is 83.8 Å². The van der Waals surface area contributed by atoms with E-state index in [0.29, 0.717) is 40.7 Å². The van der Waals surface area contributed by atoms with Crippen LogP contribution in [0.1, 0.15) is 64.4 Å². The minimum atomic E-state index is -1.07. The van der Waals surface area contributed by atoms with E-state index in [1.807, 2.05) is 27.0 Å². The van der Waals surface area contributed by atoms with E-state index in [4.69, 9.17) is 29.4 Å². The predicted molar refractivity (Wildman–Crippen MR) is 163 cm³/mol. The van der Waals surface area contributed by atoms with Gasteiger partial charge in [0.25, 0.3) is 0 Å². The number of hydrogen-bond acceptors (Lipinski definition) is 13. The summed E-state index contributed by atoms with van der Waals surface area (Å²) in [6, 6.07) is 2.70. The molecule has 7 rings (SSSR count). The molecule has 2 bridgehead atoms. The number of cyclic esters (lactones) is 1. The third-order valence-corrected chi connectivity index (χ3v) is 11.6. The highest BCUT2D eigenvalue weighted by Crippen LogP contribution is 2.68. The summed E-state index contributed by atoms with van der Waals surface area (Å²) < 4.78 is 29.3. The number of nitriles is 1. The van der Waals surface area contributed by atoms with Crippen LogP contribution in [0.2, 0.25) is 0 Å². The summed E-state index contributed by atoms with van der Waals surface area (Å²) in [7, 11) is 3.48. The van der Waals surface area contributed by atoms with E-state index in [1.54, 1.807) is 0 Å². The predicted octanol–water partition coefficient (Wildman–Crippen LogP) is 2.95. The van der Waals surface area contributed by atoms with E-state index >= 15 is 0 Å². The highest BCUT2D eigenvalue weighted by atomic mass is 32.2. The molecule has 13 heteroatoms. The zero-order valence-electron chi connectivity index (χ0n) is 26.0. The number of esters is 2. The molecule has 7 atom stereocenters. The molecule has 3 unspecified atom stereocenters. The van der Waals surface area contributed by atoms with Gasteiger partial charge in [-0.3, -0.25) is 19.4 Å². The number of fused-ring (bicyclic) bond motifs is 11. The molecule has 45 heavy (non-hydrogen) atoms. The first-order chi connectivity index (χ1) is 21.5. The molecule has 4 heterocycles. The zero-order valence-corrected chi connectivity index (χ0v) is 26.8. The van der Waals surface area contributed by atoms with Crippen LogP contribution in [-0.2, 0) is 20.9 Å². The maximum absolute atomic E-state index is 13.0. The van der Waals surface area contributed by atoms with Crippen molar-refractivity contribution in [3.05, 3.63) is 39.4 Å². The van der Waals surface area contributed by atoms with Crippen molar-refractivity contribution >= 4 is 23.7 Å². The van der Waals surface area contributed by atoms with Crippen LogP contribution in [0.5, 0.6) is 28.7 Å². The highest BCUT2D eigenvalue weighted by Gasteiger charge is 2.75.